The highest BCUT2D eigenvalue weighted by atomic mass is 32.2. The molecule has 1 atom stereocenters. The fourth-order valence-electron chi connectivity index (χ4n) is 5.43. The van der Waals surface area contributed by atoms with Crippen LogP contribution in [0.2, 0.25) is 0 Å². The summed E-state index contributed by atoms with van der Waals surface area (Å²) in [7, 11) is 8.07. The monoisotopic (exact) mass is 582 g/mol. The first-order chi connectivity index (χ1) is 20.4. The lowest BCUT2D eigenvalue weighted by Crippen LogP contribution is -2.26. The molecule has 0 saturated carbocycles. The van der Waals surface area contributed by atoms with Crippen molar-refractivity contribution in [3.05, 3.63) is 95.7 Å². The molecule has 3 aromatic heterocycles. The van der Waals surface area contributed by atoms with E-state index < -0.39 is 0 Å². The Hall–Kier alpha value is -4.70. The SMILES string of the molecule is COc1cc(-c2ccc3c(C(=O)c4ccn5c4CSC5c4cccnc4)cn(C(=O)N(C)C)c3c2)cc(OC)c1OC. The number of carbonyl (C=O) groups is 2. The summed E-state index contributed by atoms with van der Waals surface area (Å²) >= 11 is 1.76. The lowest BCUT2D eigenvalue weighted by atomic mass is 9.99. The first-order valence-corrected chi connectivity index (χ1v) is 14.3. The van der Waals surface area contributed by atoms with Crippen molar-refractivity contribution in [1.82, 2.24) is 19.0 Å². The van der Waals surface area contributed by atoms with E-state index in [0.717, 1.165) is 22.4 Å². The zero-order chi connectivity index (χ0) is 29.5. The van der Waals surface area contributed by atoms with Gasteiger partial charge in [0.25, 0.3) is 0 Å². The van der Waals surface area contributed by atoms with Crippen molar-refractivity contribution in [3.8, 4) is 28.4 Å². The molecular formula is C32H30N4O5S. The molecular weight excluding hydrogens is 552 g/mol. The van der Waals surface area contributed by atoms with Gasteiger partial charge in [-0.2, -0.15) is 0 Å². The average Bonchev–Trinajstić information content (AvgIpc) is 3.73. The molecule has 5 aromatic rings. The third kappa shape index (κ3) is 4.48. The van der Waals surface area contributed by atoms with E-state index in [9.17, 15) is 9.59 Å². The Bertz CT molecular complexity index is 1800. The molecule has 1 amide bonds. The Balaban J connectivity index is 1.45. The van der Waals surface area contributed by atoms with Crippen molar-refractivity contribution < 1.29 is 23.8 Å². The number of thioether (sulfide) groups is 1. The third-order valence-corrected chi connectivity index (χ3v) is 8.76. The molecule has 1 aliphatic heterocycles. The second kappa shape index (κ2) is 10.9. The summed E-state index contributed by atoms with van der Waals surface area (Å²) in [6.45, 7) is 0. The normalized spacial score (nSPS) is 14.1. The molecule has 4 heterocycles. The Morgan fingerprint density at radius 2 is 1.71 bits per heavy atom. The van der Waals surface area contributed by atoms with Gasteiger partial charge in [-0.25, -0.2) is 4.79 Å². The first kappa shape index (κ1) is 27.5. The van der Waals surface area contributed by atoms with Gasteiger partial charge in [-0.05, 0) is 41.5 Å². The first-order valence-electron chi connectivity index (χ1n) is 13.3. The molecule has 2 aromatic carbocycles. The second-order valence-electron chi connectivity index (χ2n) is 10.1. The summed E-state index contributed by atoms with van der Waals surface area (Å²) in [5.41, 5.74) is 5.43. The van der Waals surface area contributed by atoms with Crippen LogP contribution in [0.1, 0.15) is 32.6 Å². The van der Waals surface area contributed by atoms with E-state index in [-0.39, 0.29) is 17.2 Å². The third-order valence-electron chi connectivity index (χ3n) is 7.51. The number of nitrogens with zero attached hydrogens (tertiary/aromatic N) is 4. The number of rotatable bonds is 7. The molecule has 10 heteroatoms. The van der Waals surface area contributed by atoms with Crippen LogP contribution in [0.25, 0.3) is 22.0 Å². The van der Waals surface area contributed by atoms with Crippen LogP contribution in [-0.2, 0) is 5.75 Å². The number of aromatic nitrogens is 3. The van der Waals surface area contributed by atoms with Gasteiger partial charge in [-0.3, -0.25) is 14.3 Å². The molecule has 0 spiro atoms. The van der Waals surface area contributed by atoms with Gasteiger partial charge in [0.05, 0.1) is 26.8 Å². The fraction of sp³-hybridized carbons (Fsp3) is 0.219. The summed E-state index contributed by atoms with van der Waals surface area (Å²) in [6, 6.07) is 15.0. The molecule has 0 N–H and O–H groups in total. The number of pyridine rings is 1. The number of benzene rings is 2. The van der Waals surface area contributed by atoms with Gasteiger partial charge in [0, 0.05) is 72.4 Å². The van der Waals surface area contributed by atoms with Gasteiger partial charge in [0.1, 0.15) is 5.37 Å². The van der Waals surface area contributed by atoms with Crippen LogP contribution in [-0.4, -0.2) is 66.3 Å². The Morgan fingerprint density at radius 3 is 2.36 bits per heavy atom. The minimum Gasteiger partial charge on any atom is -0.493 e. The summed E-state index contributed by atoms with van der Waals surface area (Å²) in [5.74, 6) is 2.12. The van der Waals surface area contributed by atoms with Crippen molar-refractivity contribution in [3.63, 3.8) is 0 Å². The van der Waals surface area contributed by atoms with Gasteiger partial charge >= 0.3 is 6.03 Å². The quantitative estimate of drug-likeness (QED) is 0.215. The lowest BCUT2D eigenvalue weighted by molar-refractivity contribution is 0.103. The number of ether oxygens (including phenoxy) is 3. The van der Waals surface area contributed by atoms with Gasteiger partial charge in [-0.15, -0.1) is 11.8 Å². The number of ketones is 1. The zero-order valence-electron chi connectivity index (χ0n) is 24.0. The maximum atomic E-state index is 14.1. The molecule has 1 aliphatic rings. The van der Waals surface area contributed by atoms with E-state index in [1.807, 2.05) is 60.9 Å². The van der Waals surface area contributed by atoms with Crippen LogP contribution in [0, 0.1) is 0 Å². The van der Waals surface area contributed by atoms with Crippen molar-refractivity contribution in [2.75, 3.05) is 35.4 Å². The smallest absolute Gasteiger partial charge is 0.328 e. The molecule has 0 aliphatic carbocycles. The largest absolute Gasteiger partial charge is 0.493 e. The van der Waals surface area contributed by atoms with Crippen LogP contribution in [0.4, 0.5) is 4.79 Å². The van der Waals surface area contributed by atoms with Gasteiger partial charge < -0.3 is 23.7 Å². The zero-order valence-corrected chi connectivity index (χ0v) is 24.8. The molecule has 9 nitrogen and oxygen atoms in total. The number of methoxy groups -OCH3 is 3. The van der Waals surface area contributed by atoms with E-state index in [1.54, 1.807) is 59.6 Å². The van der Waals surface area contributed by atoms with E-state index >= 15 is 0 Å². The molecule has 0 bridgehead atoms. The highest BCUT2D eigenvalue weighted by molar-refractivity contribution is 7.99. The Kier molecular flexibility index (Phi) is 7.16. The molecule has 6 rings (SSSR count). The van der Waals surface area contributed by atoms with Gasteiger partial charge in [-0.1, -0.05) is 18.2 Å². The predicted molar refractivity (Wildman–Crippen MR) is 163 cm³/mol. The van der Waals surface area contributed by atoms with E-state index in [0.29, 0.717) is 45.0 Å². The Labute approximate surface area is 247 Å². The summed E-state index contributed by atoms with van der Waals surface area (Å²) in [5, 5.41) is 0.758. The second-order valence-corrected chi connectivity index (χ2v) is 11.2. The lowest BCUT2D eigenvalue weighted by Gasteiger charge is -2.15. The fourth-order valence-corrected chi connectivity index (χ4v) is 6.74. The molecule has 1 unspecified atom stereocenters. The minimum absolute atomic E-state index is 0.0629. The number of amides is 1. The summed E-state index contributed by atoms with van der Waals surface area (Å²) in [4.78, 5) is 33.2. The maximum Gasteiger partial charge on any atom is 0.328 e. The topological polar surface area (TPSA) is 87.8 Å². The number of hydrogen-bond donors (Lipinski definition) is 0. The van der Waals surface area contributed by atoms with E-state index in [1.165, 1.54) is 9.47 Å². The van der Waals surface area contributed by atoms with Crippen LogP contribution >= 0.6 is 11.8 Å². The van der Waals surface area contributed by atoms with Crippen molar-refractivity contribution >= 4 is 34.5 Å². The van der Waals surface area contributed by atoms with Gasteiger partial charge in [0.15, 0.2) is 17.3 Å². The van der Waals surface area contributed by atoms with Crippen LogP contribution in [0.3, 0.4) is 0 Å². The highest BCUT2D eigenvalue weighted by Crippen LogP contribution is 2.44. The highest BCUT2D eigenvalue weighted by Gasteiger charge is 2.30. The summed E-state index contributed by atoms with van der Waals surface area (Å²) in [6.07, 6.45) is 7.23. The average molecular weight is 583 g/mol. The molecule has 42 heavy (non-hydrogen) atoms. The number of carbonyl (C=O) groups excluding carboxylic acids is 2. The maximum absolute atomic E-state index is 14.1. The van der Waals surface area contributed by atoms with Crippen molar-refractivity contribution in [1.29, 1.82) is 0 Å². The predicted octanol–water partition coefficient (Wildman–Crippen LogP) is 6.09. The van der Waals surface area contributed by atoms with E-state index in [2.05, 4.69) is 9.55 Å². The van der Waals surface area contributed by atoms with Crippen LogP contribution < -0.4 is 14.2 Å². The molecule has 214 valence electrons. The minimum atomic E-state index is -0.254. The van der Waals surface area contributed by atoms with E-state index in [4.69, 9.17) is 14.2 Å². The Morgan fingerprint density at radius 1 is 0.952 bits per heavy atom. The van der Waals surface area contributed by atoms with Crippen molar-refractivity contribution in [2.24, 2.45) is 0 Å². The molecule has 0 saturated heterocycles. The van der Waals surface area contributed by atoms with Gasteiger partial charge in [0.2, 0.25) is 5.75 Å². The molecule has 0 radical (unpaired) electrons. The molecule has 0 fully saturated rings. The van der Waals surface area contributed by atoms with Crippen LogP contribution in [0.15, 0.2) is 73.3 Å². The number of fused-ring (bicyclic) bond motifs is 2. The van der Waals surface area contributed by atoms with Crippen LogP contribution in [0.5, 0.6) is 17.2 Å². The summed E-state index contributed by atoms with van der Waals surface area (Å²) < 4.78 is 20.2. The van der Waals surface area contributed by atoms with Crippen molar-refractivity contribution in [2.45, 2.75) is 11.1 Å². The number of hydrogen-bond acceptors (Lipinski definition) is 7. The standard InChI is InChI=1S/C32H30N4O5S/c1-34(2)32(38)36-17-24(29(37)23-10-12-35-26(23)18-42-31(35)20-7-6-11-33-16-20)22-9-8-19(13-25(22)36)21-14-27(39-3)30(41-5)28(15-21)40-4/h6-17,31H,18H2,1-5H3.